The van der Waals surface area contributed by atoms with Crippen LogP contribution in [0.5, 0.6) is 0 Å². The molecule has 0 N–H and O–H groups in total. The molecule has 44 valence electrons. The van der Waals surface area contributed by atoms with Gasteiger partial charge in [-0.2, -0.15) is 0 Å². The lowest BCUT2D eigenvalue weighted by Gasteiger charge is -1.86. The van der Waals surface area contributed by atoms with Gasteiger partial charge in [0, 0.05) is 0 Å². The van der Waals surface area contributed by atoms with E-state index >= 15 is 0 Å². The van der Waals surface area contributed by atoms with Crippen molar-refractivity contribution in [2.75, 3.05) is 0 Å². The molecule has 0 radical (unpaired) electrons. The molecule has 0 unspecified atom stereocenters. The third kappa shape index (κ3) is 4.95. The highest BCUT2D eigenvalue weighted by atomic mass is 16.4. The van der Waals surface area contributed by atoms with Crippen LogP contribution in [0, 0.1) is 0 Å². The van der Waals surface area contributed by atoms with E-state index in [1.807, 2.05) is 0 Å². The van der Waals surface area contributed by atoms with Crippen LogP contribution in [0.2, 0.25) is 0 Å². The van der Waals surface area contributed by atoms with Crippen molar-refractivity contribution < 1.29 is 9.90 Å². The van der Waals surface area contributed by atoms with Crippen molar-refractivity contribution in [1.29, 1.82) is 0 Å². The lowest BCUT2D eigenvalue weighted by Crippen LogP contribution is -2.18. The monoisotopic (exact) mass is 111 g/mol. The SMILES string of the molecule is C=CC/C=C/C(=O)[O-]. The Balaban J connectivity index is 3.34. The van der Waals surface area contributed by atoms with Crippen LogP contribution in [-0.2, 0) is 4.79 Å². The zero-order valence-electron chi connectivity index (χ0n) is 4.46. The molecule has 0 aromatic carbocycles. The Kier molecular flexibility index (Phi) is 3.58. The third-order valence-electron chi connectivity index (χ3n) is 0.557. The van der Waals surface area contributed by atoms with Gasteiger partial charge in [-0.05, 0) is 12.5 Å². The van der Waals surface area contributed by atoms with E-state index < -0.39 is 5.97 Å². The highest BCUT2D eigenvalue weighted by molar-refractivity contribution is 5.77. The summed E-state index contributed by atoms with van der Waals surface area (Å²) in [5.74, 6) is -1.16. The van der Waals surface area contributed by atoms with E-state index in [1.54, 1.807) is 6.08 Å². The van der Waals surface area contributed by atoms with Gasteiger partial charge in [0.15, 0.2) is 0 Å². The molecule has 0 saturated heterocycles. The minimum atomic E-state index is -1.16. The van der Waals surface area contributed by atoms with E-state index in [9.17, 15) is 9.90 Å². The Morgan fingerprint density at radius 3 is 2.75 bits per heavy atom. The van der Waals surface area contributed by atoms with Crippen LogP contribution in [0.4, 0.5) is 0 Å². The van der Waals surface area contributed by atoms with Crippen molar-refractivity contribution in [3.8, 4) is 0 Å². The predicted molar refractivity (Wildman–Crippen MR) is 29.0 cm³/mol. The second-order valence-corrected chi connectivity index (χ2v) is 1.25. The third-order valence-corrected chi connectivity index (χ3v) is 0.557. The molecule has 2 nitrogen and oxygen atoms in total. The van der Waals surface area contributed by atoms with Crippen molar-refractivity contribution in [3.63, 3.8) is 0 Å². The molecule has 0 amide bonds. The summed E-state index contributed by atoms with van der Waals surface area (Å²) in [4.78, 5) is 9.64. The van der Waals surface area contributed by atoms with Crippen molar-refractivity contribution in [2.45, 2.75) is 6.42 Å². The van der Waals surface area contributed by atoms with Crippen LogP contribution in [0.3, 0.4) is 0 Å². The standard InChI is InChI=1S/C6H8O2/c1-2-3-4-5-6(7)8/h2,4-5H,1,3H2,(H,7,8)/p-1/b5-4+. The van der Waals surface area contributed by atoms with Gasteiger partial charge in [0.2, 0.25) is 0 Å². The first-order chi connectivity index (χ1) is 3.77. The number of allylic oxidation sites excluding steroid dienone is 2. The molecule has 0 fully saturated rings. The van der Waals surface area contributed by atoms with Gasteiger partial charge in [0.1, 0.15) is 0 Å². The lowest BCUT2D eigenvalue weighted by atomic mass is 10.4. The first kappa shape index (κ1) is 6.95. The fraction of sp³-hybridized carbons (Fsp3) is 0.167. The van der Waals surface area contributed by atoms with Crippen LogP contribution in [-0.4, -0.2) is 5.97 Å². The van der Waals surface area contributed by atoms with Crippen LogP contribution < -0.4 is 5.11 Å². The van der Waals surface area contributed by atoms with E-state index in [2.05, 4.69) is 6.58 Å². The van der Waals surface area contributed by atoms with Crippen LogP contribution in [0.1, 0.15) is 6.42 Å². The second-order valence-electron chi connectivity index (χ2n) is 1.25. The average molecular weight is 111 g/mol. The molecule has 8 heavy (non-hydrogen) atoms. The van der Waals surface area contributed by atoms with Crippen LogP contribution >= 0.6 is 0 Å². The number of carboxylic acids is 1. The molecule has 0 spiro atoms. The molecule has 0 heterocycles. The zero-order chi connectivity index (χ0) is 6.41. The number of carbonyl (C=O) groups excluding carboxylic acids is 1. The zero-order valence-corrected chi connectivity index (χ0v) is 4.46. The summed E-state index contributed by atoms with van der Waals surface area (Å²) >= 11 is 0. The Morgan fingerprint density at radius 2 is 2.38 bits per heavy atom. The summed E-state index contributed by atoms with van der Waals surface area (Å²) in [6.45, 7) is 3.39. The lowest BCUT2D eigenvalue weighted by molar-refractivity contribution is -0.297. The molecule has 0 aliphatic carbocycles. The van der Waals surface area contributed by atoms with Gasteiger partial charge < -0.3 is 9.90 Å². The van der Waals surface area contributed by atoms with Gasteiger partial charge in [0.05, 0.1) is 5.97 Å². The second kappa shape index (κ2) is 4.12. The number of hydrogen-bond acceptors (Lipinski definition) is 2. The summed E-state index contributed by atoms with van der Waals surface area (Å²) in [5, 5.41) is 9.64. The van der Waals surface area contributed by atoms with Crippen molar-refractivity contribution in [2.24, 2.45) is 0 Å². The summed E-state index contributed by atoms with van der Waals surface area (Å²) in [5.41, 5.74) is 0. The Bertz CT molecular complexity index is 114. The van der Waals surface area contributed by atoms with E-state index in [0.717, 1.165) is 6.08 Å². The van der Waals surface area contributed by atoms with Gasteiger partial charge in [-0.25, -0.2) is 0 Å². The van der Waals surface area contributed by atoms with Crippen LogP contribution in [0.15, 0.2) is 24.8 Å². The van der Waals surface area contributed by atoms with Gasteiger partial charge in [-0.3, -0.25) is 0 Å². The Labute approximate surface area is 48.1 Å². The van der Waals surface area contributed by atoms with Gasteiger partial charge in [-0.15, -0.1) is 6.58 Å². The topological polar surface area (TPSA) is 40.1 Å². The smallest absolute Gasteiger partial charge is 0.0639 e. The summed E-state index contributed by atoms with van der Waals surface area (Å²) in [7, 11) is 0. The van der Waals surface area contributed by atoms with Gasteiger partial charge in [-0.1, -0.05) is 12.2 Å². The average Bonchev–Trinajstić information content (AvgIpc) is 1.66. The first-order valence-corrected chi connectivity index (χ1v) is 2.26. The van der Waals surface area contributed by atoms with Crippen LogP contribution in [0.25, 0.3) is 0 Å². The fourth-order valence-electron chi connectivity index (χ4n) is 0.260. The maximum Gasteiger partial charge on any atom is 0.0639 e. The number of aliphatic carboxylic acids is 1. The molecule has 0 atom stereocenters. The van der Waals surface area contributed by atoms with E-state index in [4.69, 9.17) is 0 Å². The molecule has 0 rings (SSSR count). The molecule has 0 aromatic heterocycles. The summed E-state index contributed by atoms with van der Waals surface area (Å²) in [6.07, 6.45) is 4.65. The molecule has 2 heteroatoms. The summed E-state index contributed by atoms with van der Waals surface area (Å²) in [6, 6.07) is 0. The summed E-state index contributed by atoms with van der Waals surface area (Å²) < 4.78 is 0. The minimum Gasteiger partial charge on any atom is -0.545 e. The number of carbonyl (C=O) groups is 1. The van der Waals surface area contributed by atoms with E-state index in [-0.39, 0.29) is 0 Å². The molecule has 0 aliphatic heterocycles. The van der Waals surface area contributed by atoms with Gasteiger partial charge >= 0.3 is 0 Å². The normalized spacial score (nSPS) is 9.50. The Hall–Kier alpha value is -1.05. The quantitative estimate of drug-likeness (QED) is 0.376. The highest BCUT2D eigenvalue weighted by Crippen LogP contribution is 1.79. The van der Waals surface area contributed by atoms with E-state index in [1.165, 1.54) is 6.08 Å². The van der Waals surface area contributed by atoms with Crippen molar-refractivity contribution in [1.82, 2.24) is 0 Å². The van der Waals surface area contributed by atoms with E-state index in [0.29, 0.717) is 6.42 Å². The first-order valence-electron chi connectivity index (χ1n) is 2.26. The molecular formula is C6H7O2-. The largest absolute Gasteiger partial charge is 0.545 e. The Morgan fingerprint density at radius 1 is 1.75 bits per heavy atom. The molecule has 0 bridgehead atoms. The number of carboxylic acid groups (broad SMARTS) is 1. The molecular weight excluding hydrogens is 104 g/mol. The van der Waals surface area contributed by atoms with Crippen molar-refractivity contribution >= 4 is 5.97 Å². The number of hydrogen-bond donors (Lipinski definition) is 0. The van der Waals surface area contributed by atoms with Crippen molar-refractivity contribution in [3.05, 3.63) is 24.8 Å². The maximum atomic E-state index is 9.64. The maximum absolute atomic E-state index is 9.64. The fourth-order valence-corrected chi connectivity index (χ4v) is 0.260. The predicted octanol–water partition coefficient (Wildman–Crippen LogP) is -0.131. The molecule has 0 aromatic rings. The number of rotatable bonds is 3. The molecule has 0 saturated carbocycles. The minimum absolute atomic E-state index is 0.577. The van der Waals surface area contributed by atoms with Gasteiger partial charge in [0.25, 0.3) is 0 Å². The highest BCUT2D eigenvalue weighted by Gasteiger charge is 1.68. The molecule has 0 aliphatic rings.